The molecule has 3 N–H and O–H groups in total. The summed E-state index contributed by atoms with van der Waals surface area (Å²) in [6.07, 6.45) is 3.02. The third-order valence-corrected chi connectivity index (χ3v) is 5.75. The van der Waals surface area contributed by atoms with Gasteiger partial charge < -0.3 is 5.32 Å². The van der Waals surface area contributed by atoms with Gasteiger partial charge in [0.15, 0.2) is 0 Å². The van der Waals surface area contributed by atoms with Crippen molar-refractivity contribution in [1.82, 2.24) is 10.2 Å². The number of nitrogens with zero attached hydrogens (tertiary/aromatic N) is 1. The van der Waals surface area contributed by atoms with Crippen molar-refractivity contribution < 1.29 is 13.2 Å². The minimum Gasteiger partial charge on any atom is -0.355 e. The molecule has 0 spiro atoms. The van der Waals surface area contributed by atoms with E-state index >= 15 is 0 Å². The molecule has 1 saturated carbocycles. The number of sulfonamides is 1. The molecule has 0 bridgehead atoms. The summed E-state index contributed by atoms with van der Waals surface area (Å²) < 4.78 is 22.5. The van der Waals surface area contributed by atoms with Crippen molar-refractivity contribution in [2.24, 2.45) is 11.1 Å². The van der Waals surface area contributed by atoms with Crippen molar-refractivity contribution in [3.8, 4) is 0 Å². The predicted octanol–water partition coefficient (Wildman–Crippen LogP) is 1.50. The van der Waals surface area contributed by atoms with Crippen LogP contribution in [0.15, 0.2) is 29.2 Å². The monoisotopic (exact) mass is 367 g/mol. The molecule has 2 rings (SSSR count). The molecule has 1 aromatic carbocycles. The van der Waals surface area contributed by atoms with E-state index in [9.17, 15) is 13.2 Å². The fraction of sp³-hybridized carbons (Fsp3) is 0.611. The largest absolute Gasteiger partial charge is 0.355 e. The number of rotatable bonds is 9. The van der Waals surface area contributed by atoms with Crippen LogP contribution in [0.2, 0.25) is 0 Å². The molecule has 7 heteroatoms. The van der Waals surface area contributed by atoms with Crippen LogP contribution < -0.4 is 10.5 Å². The van der Waals surface area contributed by atoms with Crippen molar-refractivity contribution >= 4 is 15.9 Å². The van der Waals surface area contributed by atoms with Crippen LogP contribution in [0.4, 0.5) is 0 Å². The average molecular weight is 368 g/mol. The van der Waals surface area contributed by atoms with Crippen LogP contribution >= 0.6 is 0 Å². The van der Waals surface area contributed by atoms with E-state index in [4.69, 9.17) is 5.14 Å². The third-order valence-electron chi connectivity index (χ3n) is 4.82. The molecule has 1 aliphatic carbocycles. The van der Waals surface area contributed by atoms with E-state index < -0.39 is 10.0 Å². The Labute approximate surface area is 150 Å². The Morgan fingerprint density at radius 3 is 2.32 bits per heavy atom. The number of carbonyl (C=O) groups is 1. The van der Waals surface area contributed by atoms with Crippen LogP contribution in [0.5, 0.6) is 0 Å². The Morgan fingerprint density at radius 2 is 1.84 bits per heavy atom. The Kier molecular flexibility index (Phi) is 6.59. The smallest absolute Gasteiger partial charge is 0.238 e. The molecular formula is C18H29N3O3S. The zero-order valence-electron chi connectivity index (χ0n) is 15.2. The maximum absolute atomic E-state index is 12.2. The standard InChI is InChI=1S/C18H29N3O3S/c1-13(2)14(3)21(16-6-7-16)12-18(22)20-11-10-15-4-8-17(9-5-15)25(19,23)24/h4-5,8-9,13-14,16H,6-7,10-12H2,1-3H3,(H,20,22)(H2,19,23,24)/t14-/m1/s1. The highest BCUT2D eigenvalue weighted by atomic mass is 32.2. The van der Waals surface area contributed by atoms with Crippen LogP contribution in [0.25, 0.3) is 0 Å². The van der Waals surface area contributed by atoms with Crippen LogP contribution in [-0.4, -0.2) is 44.4 Å². The van der Waals surface area contributed by atoms with Crippen LogP contribution in [0.3, 0.4) is 0 Å². The molecule has 0 unspecified atom stereocenters. The molecule has 140 valence electrons. The summed E-state index contributed by atoms with van der Waals surface area (Å²) in [5.41, 5.74) is 0.960. The van der Waals surface area contributed by atoms with Gasteiger partial charge in [-0.2, -0.15) is 0 Å². The Balaban J connectivity index is 1.80. The summed E-state index contributed by atoms with van der Waals surface area (Å²) >= 11 is 0. The van der Waals surface area contributed by atoms with Gasteiger partial charge in [0.25, 0.3) is 0 Å². The van der Waals surface area contributed by atoms with Crippen molar-refractivity contribution in [1.29, 1.82) is 0 Å². The summed E-state index contributed by atoms with van der Waals surface area (Å²) in [7, 11) is -3.66. The summed E-state index contributed by atoms with van der Waals surface area (Å²) in [4.78, 5) is 14.6. The van der Waals surface area contributed by atoms with Crippen molar-refractivity contribution in [3.63, 3.8) is 0 Å². The second-order valence-electron chi connectivity index (χ2n) is 7.18. The maximum Gasteiger partial charge on any atom is 0.238 e. The zero-order chi connectivity index (χ0) is 18.6. The number of hydrogen-bond acceptors (Lipinski definition) is 4. The lowest BCUT2D eigenvalue weighted by atomic mass is 10.0. The summed E-state index contributed by atoms with van der Waals surface area (Å²) in [6.45, 7) is 7.52. The summed E-state index contributed by atoms with van der Waals surface area (Å²) in [6, 6.07) is 7.38. The lowest BCUT2D eigenvalue weighted by Gasteiger charge is -2.31. The number of hydrogen-bond donors (Lipinski definition) is 2. The molecule has 0 heterocycles. The van der Waals surface area contributed by atoms with Gasteiger partial charge >= 0.3 is 0 Å². The molecule has 1 amide bonds. The van der Waals surface area contributed by atoms with E-state index in [1.165, 1.54) is 25.0 Å². The highest BCUT2D eigenvalue weighted by Gasteiger charge is 2.34. The Hall–Kier alpha value is -1.44. The fourth-order valence-corrected chi connectivity index (χ4v) is 3.32. The quantitative estimate of drug-likeness (QED) is 0.692. The molecule has 0 radical (unpaired) electrons. The number of benzene rings is 1. The number of nitrogens with one attached hydrogen (secondary N) is 1. The molecule has 25 heavy (non-hydrogen) atoms. The number of primary sulfonamides is 1. The van der Waals surface area contributed by atoms with Gasteiger partial charge in [0.05, 0.1) is 11.4 Å². The molecule has 0 aliphatic heterocycles. The van der Waals surface area contributed by atoms with E-state index in [0.29, 0.717) is 37.5 Å². The van der Waals surface area contributed by atoms with Gasteiger partial charge in [-0.1, -0.05) is 26.0 Å². The van der Waals surface area contributed by atoms with E-state index in [-0.39, 0.29) is 10.8 Å². The third kappa shape index (κ3) is 6.09. The van der Waals surface area contributed by atoms with Gasteiger partial charge in [-0.3, -0.25) is 9.69 Å². The minimum absolute atomic E-state index is 0.0422. The number of carbonyl (C=O) groups excluding carboxylic acids is 1. The maximum atomic E-state index is 12.2. The fourth-order valence-electron chi connectivity index (χ4n) is 2.81. The SMILES string of the molecule is CC(C)[C@@H](C)N(CC(=O)NCCc1ccc(S(N)(=O)=O)cc1)C1CC1. The molecule has 0 saturated heterocycles. The first-order valence-corrected chi connectivity index (χ1v) is 10.4. The average Bonchev–Trinajstić information content (AvgIpc) is 3.36. The van der Waals surface area contributed by atoms with E-state index in [0.717, 1.165) is 5.56 Å². The van der Waals surface area contributed by atoms with Gasteiger partial charge in [0.2, 0.25) is 15.9 Å². The summed E-state index contributed by atoms with van der Waals surface area (Å²) in [5, 5.41) is 8.04. The van der Waals surface area contributed by atoms with E-state index in [1.54, 1.807) is 12.1 Å². The zero-order valence-corrected chi connectivity index (χ0v) is 16.1. The van der Waals surface area contributed by atoms with Crippen LogP contribution in [-0.2, 0) is 21.2 Å². The molecule has 0 aromatic heterocycles. The first kappa shape index (κ1) is 19.9. The van der Waals surface area contributed by atoms with Crippen LogP contribution in [0.1, 0.15) is 39.2 Å². The highest BCUT2D eigenvalue weighted by molar-refractivity contribution is 7.89. The van der Waals surface area contributed by atoms with Gasteiger partial charge in [0, 0.05) is 18.6 Å². The normalized spacial score (nSPS) is 16.2. The van der Waals surface area contributed by atoms with Crippen molar-refractivity contribution in [2.45, 2.75) is 57.0 Å². The number of nitrogens with two attached hydrogens (primary N) is 1. The molecule has 6 nitrogen and oxygen atoms in total. The van der Waals surface area contributed by atoms with Crippen molar-refractivity contribution in [2.75, 3.05) is 13.1 Å². The van der Waals surface area contributed by atoms with Crippen molar-refractivity contribution in [3.05, 3.63) is 29.8 Å². The second-order valence-corrected chi connectivity index (χ2v) is 8.74. The van der Waals surface area contributed by atoms with E-state index in [1.807, 2.05) is 0 Å². The van der Waals surface area contributed by atoms with E-state index in [2.05, 4.69) is 31.0 Å². The molecule has 1 fully saturated rings. The minimum atomic E-state index is -3.66. The molecular weight excluding hydrogens is 338 g/mol. The lowest BCUT2D eigenvalue weighted by Crippen LogP contribution is -2.45. The molecule has 1 aromatic rings. The molecule has 1 aliphatic rings. The van der Waals surface area contributed by atoms with Crippen LogP contribution in [0, 0.1) is 5.92 Å². The number of amides is 1. The lowest BCUT2D eigenvalue weighted by molar-refractivity contribution is -0.123. The molecule has 1 atom stereocenters. The predicted molar refractivity (Wildman–Crippen MR) is 98.6 cm³/mol. The van der Waals surface area contributed by atoms with Gasteiger partial charge in [-0.15, -0.1) is 0 Å². The second kappa shape index (κ2) is 8.29. The first-order valence-electron chi connectivity index (χ1n) is 8.82. The summed E-state index contributed by atoms with van der Waals surface area (Å²) in [5.74, 6) is 0.561. The Morgan fingerprint density at radius 1 is 1.24 bits per heavy atom. The topological polar surface area (TPSA) is 92.5 Å². The van der Waals surface area contributed by atoms with Gasteiger partial charge in [-0.05, 0) is 49.8 Å². The Bertz CT molecular complexity index is 682. The first-order chi connectivity index (χ1) is 11.7. The van der Waals surface area contributed by atoms with Gasteiger partial charge in [0.1, 0.15) is 0 Å². The highest BCUT2D eigenvalue weighted by Crippen LogP contribution is 2.30. The van der Waals surface area contributed by atoms with Gasteiger partial charge in [-0.25, -0.2) is 13.6 Å².